The van der Waals surface area contributed by atoms with Crippen molar-refractivity contribution in [1.29, 1.82) is 0 Å². The van der Waals surface area contributed by atoms with Crippen molar-refractivity contribution in [3.05, 3.63) is 340 Å². The van der Waals surface area contributed by atoms with E-state index in [1.54, 1.807) is 0 Å². The van der Waals surface area contributed by atoms with Gasteiger partial charge in [0.2, 0.25) is 0 Å². The molecule has 0 saturated heterocycles. The summed E-state index contributed by atoms with van der Waals surface area (Å²) in [4.78, 5) is 2.34. The van der Waals surface area contributed by atoms with Crippen LogP contribution in [0.15, 0.2) is 340 Å². The fraction of sp³-hybridized carbons (Fsp3) is 0. The van der Waals surface area contributed by atoms with Crippen molar-refractivity contribution in [2.75, 3.05) is 4.90 Å². The van der Waals surface area contributed by atoms with Crippen molar-refractivity contribution in [2.45, 2.75) is 0 Å². The molecule has 0 N–H and O–H groups in total. The van der Waals surface area contributed by atoms with Crippen molar-refractivity contribution in [3.8, 4) is 61.8 Å². The topological polar surface area (TPSA) is 27.9 Å². The number of benzene rings is 16. The lowest BCUT2D eigenvalue weighted by Gasteiger charge is -2.34. The summed E-state index contributed by atoms with van der Waals surface area (Å²) < 4.78 is 12.8. The monoisotopic (exact) mass is 1310 g/mol. The summed E-state index contributed by atoms with van der Waals surface area (Å²) in [5.74, 6) is 0. The van der Waals surface area contributed by atoms with Crippen LogP contribution in [0.4, 0.5) is 17.1 Å². The number of nitrogens with zero attached hydrogens (tertiary/aromatic N) is 6. The summed E-state index contributed by atoms with van der Waals surface area (Å²) >= 11 is 0. The van der Waals surface area contributed by atoms with Gasteiger partial charge in [-0.1, -0.05) is 218 Å². The Kier molecular flexibility index (Phi) is 10.7. The molecule has 4 aliphatic heterocycles. The van der Waals surface area contributed by atoms with E-state index >= 15 is 0 Å². The third-order valence-electron chi connectivity index (χ3n) is 24.0. The zero-order valence-corrected chi connectivity index (χ0v) is 56.2. The molecule has 25 rings (SSSR count). The minimum atomic E-state index is -0.0419. The van der Waals surface area contributed by atoms with E-state index in [2.05, 4.69) is 367 Å². The molecule has 9 heterocycles. The molecular formula is C96H56B2N6. The molecule has 5 aromatic heterocycles. The van der Waals surface area contributed by atoms with Gasteiger partial charge in [0.15, 0.2) is 0 Å². The van der Waals surface area contributed by atoms with E-state index in [9.17, 15) is 0 Å². The van der Waals surface area contributed by atoms with E-state index in [1.807, 2.05) is 0 Å². The lowest BCUT2D eigenvalue weighted by atomic mass is 9.34. The second-order valence-electron chi connectivity index (χ2n) is 29.0. The maximum Gasteiger partial charge on any atom is 0.252 e. The standard InChI is InChI=1S/C96H56B2N6/c1-3-20-63(21-4-1)99(64-22-5-2-6-23-64)65-45-40-57(41-46-65)62-55-89-92-90(56-62)104-85-39-16-11-28-71(85)76-51-60(52-80(96(76)104)98(92)79-34-19-31-74-69-26-9-15-38-84(69)103(89)95(74)79)59-44-49-86-75(50-59)70-27-10-12-35-81(70)100(86)66-47-42-58(43-48-66)61-53-87-91-88(54-61)102-83-37-14-8-25-68(83)73-30-18-33-78(94(73)102)97(91)77-32-17-29-72-67-24-7-13-36-82(67)101(87)93(72)77/h1-56H. The fourth-order valence-corrected chi connectivity index (χ4v) is 19.9. The highest BCUT2D eigenvalue weighted by atomic mass is 15.1. The molecule has 476 valence electrons. The van der Waals surface area contributed by atoms with E-state index < -0.39 is 0 Å². The molecule has 0 amide bonds. The van der Waals surface area contributed by atoms with Gasteiger partial charge in [-0.3, -0.25) is 0 Å². The minimum Gasteiger partial charge on any atom is -0.311 e. The normalized spacial score (nSPS) is 13.0. The number of hydrogen-bond donors (Lipinski definition) is 0. The number of anilines is 3. The Bertz CT molecular complexity index is 7230. The molecule has 0 fully saturated rings. The molecule has 16 aromatic carbocycles. The van der Waals surface area contributed by atoms with E-state index in [0.29, 0.717) is 0 Å². The quantitative estimate of drug-likeness (QED) is 0.146. The Morgan fingerprint density at radius 2 is 0.510 bits per heavy atom. The van der Waals surface area contributed by atoms with Crippen LogP contribution in [0, 0.1) is 0 Å². The first kappa shape index (κ1) is 55.3. The third kappa shape index (κ3) is 7.11. The molecule has 8 heteroatoms. The van der Waals surface area contributed by atoms with Crippen LogP contribution in [-0.4, -0.2) is 36.3 Å². The molecule has 104 heavy (non-hydrogen) atoms. The predicted molar refractivity (Wildman–Crippen MR) is 438 cm³/mol. The van der Waals surface area contributed by atoms with Crippen LogP contribution < -0.4 is 37.7 Å². The fourth-order valence-electron chi connectivity index (χ4n) is 19.9. The molecule has 0 spiro atoms. The van der Waals surface area contributed by atoms with Gasteiger partial charge in [0.1, 0.15) is 0 Å². The third-order valence-corrected chi connectivity index (χ3v) is 24.0. The van der Waals surface area contributed by atoms with Gasteiger partial charge in [-0.25, -0.2) is 0 Å². The number of hydrogen-bond acceptors (Lipinski definition) is 1. The molecule has 0 radical (unpaired) electrons. The summed E-state index contributed by atoms with van der Waals surface area (Å²) in [6.07, 6.45) is 0. The van der Waals surface area contributed by atoms with E-state index in [4.69, 9.17) is 0 Å². The maximum absolute atomic E-state index is 2.61. The van der Waals surface area contributed by atoms with Crippen LogP contribution in [0.2, 0.25) is 0 Å². The maximum atomic E-state index is 2.61. The van der Waals surface area contributed by atoms with Crippen molar-refractivity contribution in [2.24, 2.45) is 0 Å². The van der Waals surface area contributed by atoms with Crippen LogP contribution in [0.25, 0.3) is 171 Å². The molecule has 21 aromatic rings. The van der Waals surface area contributed by atoms with Crippen molar-refractivity contribution >= 4 is 172 Å². The second kappa shape index (κ2) is 20.1. The van der Waals surface area contributed by atoms with Gasteiger partial charge >= 0.3 is 0 Å². The van der Waals surface area contributed by atoms with Gasteiger partial charge in [-0.05, 0) is 187 Å². The highest BCUT2D eigenvalue weighted by Gasteiger charge is 2.44. The summed E-state index contributed by atoms with van der Waals surface area (Å²) in [6.45, 7) is 0.0401. The van der Waals surface area contributed by atoms with Crippen LogP contribution >= 0.6 is 0 Å². The molecule has 0 bridgehead atoms. The smallest absolute Gasteiger partial charge is 0.252 e. The SMILES string of the molecule is c1ccc(N(c2ccccc2)c2ccc(-c3cc4c5c(c3)-n3c6ccccc6c6cc(-c7ccc8c(c7)c7ccccc7n8-c7ccc(-c8cc9c%10c(c8)-n8c%11ccccc%11c%11cccc(c%118)B%10c8cccc%10c%11ccccc%11n-9c8%10)cc7)cc(c63)B5c3cccc5c6ccccc6n-4c35)cc2)cc1. The van der Waals surface area contributed by atoms with Crippen LogP contribution in [0.5, 0.6) is 0 Å². The molecule has 6 nitrogen and oxygen atoms in total. The van der Waals surface area contributed by atoms with Gasteiger partial charge in [-0.15, -0.1) is 0 Å². The zero-order chi connectivity index (χ0) is 67.3. The molecule has 4 aliphatic rings. The molecular weight excluding hydrogens is 1260 g/mol. The molecule has 0 aliphatic carbocycles. The van der Waals surface area contributed by atoms with Crippen LogP contribution in [-0.2, 0) is 0 Å². The Morgan fingerprint density at radius 3 is 0.962 bits per heavy atom. The largest absolute Gasteiger partial charge is 0.311 e. The summed E-state index contributed by atoms with van der Waals surface area (Å²) in [7, 11) is 0. The number of para-hydroxylation sites is 10. The van der Waals surface area contributed by atoms with Crippen LogP contribution in [0.1, 0.15) is 0 Å². The average Bonchev–Trinajstić information content (AvgIpc) is 1.45. The van der Waals surface area contributed by atoms with Crippen molar-refractivity contribution in [1.82, 2.24) is 22.8 Å². The Balaban J connectivity index is 0.650. The summed E-state index contributed by atoms with van der Waals surface area (Å²) in [6, 6.07) is 128. The van der Waals surface area contributed by atoms with Gasteiger partial charge in [-0.2, -0.15) is 0 Å². The second-order valence-corrected chi connectivity index (χ2v) is 29.0. The molecule has 0 saturated carbocycles. The minimum absolute atomic E-state index is 0.0419. The lowest BCUT2D eigenvalue weighted by molar-refractivity contribution is 1.14. The van der Waals surface area contributed by atoms with Crippen molar-refractivity contribution < 1.29 is 0 Å². The average molecular weight is 1320 g/mol. The summed E-state index contributed by atoms with van der Waals surface area (Å²) in [5.41, 5.74) is 37.1. The number of rotatable bonds is 7. The van der Waals surface area contributed by atoms with Crippen LogP contribution in [0.3, 0.4) is 0 Å². The Morgan fingerprint density at radius 1 is 0.192 bits per heavy atom. The predicted octanol–water partition coefficient (Wildman–Crippen LogP) is 19.9. The first-order valence-corrected chi connectivity index (χ1v) is 36.3. The summed E-state index contributed by atoms with van der Waals surface area (Å²) in [5, 5.41) is 12.7. The van der Waals surface area contributed by atoms with Crippen molar-refractivity contribution in [3.63, 3.8) is 0 Å². The van der Waals surface area contributed by atoms with Gasteiger partial charge in [0, 0.05) is 121 Å². The first-order valence-electron chi connectivity index (χ1n) is 36.3. The molecule has 0 atom stereocenters. The Hall–Kier alpha value is -13.6. The van der Waals surface area contributed by atoms with E-state index in [1.165, 1.54) is 198 Å². The lowest BCUT2D eigenvalue weighted by Crippen LogP contribution is -2.59. The van der Waals surface area contributed by atoms with Gasteiger partial charge in [0.05, 0.1) is 33.1 Å². The van der Waals surface area contributed by atoms with Gasteiger partial charge < -0.3 is 27.7 Å². The van der Waals surface area contributed by atoms with Gasteiger partial charge in [0.25, 0.3) is 13.4 Å². The Labute approximate surface area is 597 Å². The number of aromatic nitrogens is 5. The zero-order valence-electron chi connectivity index (χ0n) is 56.2. The van der Waals surface area contributed by atoms with E-state index in [0.717, 1.165) is 22.7 Å². The number of fused-ring (bicyclic) bond motifs is 23. The highest BCUT2D eigenvalue weighted by molar-refractivity contribution is 7.01. The molecule has 0 unspecified atom stereocenters. The van der Waals surface area contributed by atoms with E-state index in [-0.39, 0.29) is 13.4 Å². The highest BCUT2D eigenvalue weighted by Crippen LogP contribution is 2.46. The first-order chi connectivity index (χ1) is 51.6.